The van der Waals surface area contributed by atoms with E-state index in [-0.39, 0.29) is 35.4 Å². The molecule has 0 unspecified atom stereocenters. The van der Waals surface area contributed by atoms with E-state index in [4.69, 9.17) is 18.9 Å². The number of rotatable bonds is 10. The quantitative estimate of drug-likeness (QED) is 0.324. The van der Waals surface area contributed by atoms with Crippen molar-refractivity contribution in [1.82, 2.24) is 14.0 Å². The fourth-order valence-electron chi connectivity index (χ4n) is 5.28. The lowest BCUT2D eigenvalue weighted by atomic mass is 10.0. The van der Waals surface area contributed by atoms with Gasteiger partial charge in [0, 0.05) is 18.7 Å². The summed E-state index contributed by atoms with van der Waals surface area (Å²) in [5.41, 5.74) is -1.73. The van der Waals surface area contributed by atoms with Gasteiger partial charge in [0.25, 0.3) is 5.56 Å². The molecule has 1 atom stereocenters. The van der Waals surface area contributed by atoms with Gasteiger partial charge in [-0.1, -0.05) is 18.2 Å². The van der Waals surface area contributed by atoms with Crippen LogP contribution in [-0.4, -0.2) is 72.0 Å². The van der Waals surface area contributed by atoms with Gasteiger partial charge in [0.1, 0.15) is 27.1 Å². The van der Waals surface area contributed by atoms with E-state index in [1.807, 2.05) is 38.1 Å². The third-order valence-corrected chi connectivity index (χ3v) is 8.62. The Morgan fingerprint density at radius 2 is 1.79 bits per heavy atom. The van der Waals surface area contributed by atoms with Crippen LogP contribution in [0.1, 0.15) is 61.5 Å². The van der Waals surface area contributed by atoms with Crippen LogP contribution in [0.15, 0.2) is 33.9 Å². The highest BCUT2D eigenvalue weighted by atomic mass is 32.1. The average molecular weight is 602 g/mol. The Morgan fingerprint density at radius 1 is 1.12 bits per heavy atom. The summed E-state index contributed by atoms with van der Waals surface area (Å²) in [4.78, 5) is 57.3. The molecule has 2 aromatic heterocycles. The van der Waals surface area contributed by atoms with E-state index in [9.17, 15) is 19.2 Å². The smallest absolute Gasteiger partial charge is 0.348 e. The first-order valence-corrected chi connectivity index (χ1v) is 14.9. The molecule has 3 aromatic rings. The van der Waals surface area contributed by atoms with E-state index in [1.165, 1.54) is 4.57 Å². The van der Waals surface area contributed by atoms with Crippen LogP contribution in [-0.2, 0) is 31.1 Å². The molecule has 1 aliphatic rings. The second kappa shape index (κ2) is 12.8. The number of hydrogen-bond acceptors (Lipinski definition) is 9. The van der Waals surface area contributed by atoms with Gasteiger partial charge in [-0.2, -0.15) is 0 Å². The van der Waals surface area contributed by atoms with Crippen molar-refractivity contribution in [1.29, 1.82) is 0 Å². The van der Waals surface area contributed by atoms with Crippen molar-refractivity contribution in [2.75, 3.05) is 40.0 Å². The molecule has 0 bridgehead atoms. The van der Waals surface area contributed by atoms with Gasteiger partial charge in [-0.15, -0.1) is 11.3 Å². The highest BCUT2D eigenvalue weighted by Crippen LogP contribution is 2.33. The minimum Gasteiger partial charge on any atom is -0.496 e. The third-order valence-electron chi connectivity index (χ3n) is 7.32. The minimum absolute atomic E-state index is 0.00178. The Bertz CT molecular complexity index is 1580. The Labute approximate surface area is 248 Å². The standard InChI is InChI=1S/C30H39N3O8S/c1-8-40-27(35)24-19(4)23-25(34)33(30(5,6)28(36)31-13-15-39-16-14-31)29(37)32(26(23)42-24)17-22(41-18(2)3)20-11-9-10-12-21(20)38-7/h9-12,18,22H,8,13-17H2,1-7H3/t22-/m0/s1. The van der Waals surface area contributed by atoms with Crippen LogP contribution in [0.5, 0.6) is 5.75 Å². The molecule has 0 N–H and O–H groups in total. The molecule has 1 fully saturated rings. The van der Waals surface area contributed by atoms with Gasteiger partial charge in [0.05, 0.1) is 45.0 Å². The molecule has 1 aromatic carbocycles. The van der Waals surface area contributed by atoms with Crippen LogP contribution >= 0.6 is 11.3 Å². The molecule has 0 saturated carbocycles. The lowest BCUT2D eigenvalue weighted by Crippen LogP contribution is -2.58. The van der Waals surface area contributed by atoms with E-state index in [0.717, 1.165) is 15.9 Å². The number of nitrogens with zero attached hydrogens (tertiary/aromatic N) is 3. The number of carbonyl (C=O) groups excluding carboxylic acids is 2. The maximum atomic E-state index is 14.4. The van der Waals surface area contributed by atoms with E-state index >= 15 is 0 Å². The topological polar surface area (TPSA) is 118 Å². The Hall–Kier alpha value is -3.48. The van der Waals surface area contributed by atoms with E-state index in [2.05, 4.69) is 0 Å². The number of benzene rings is 1. The highest BCUT2D eigenvalue weighted by Gasteiger charge is 2.39. The number of aryl methyl sites for hydroxylation is 1. The predicted octanol–water partition coefficient (Wildman–Crippen LogP) is 3.48. The van der Waals surface area contributed by atoms with Gasteiger partial charge in [-0.3, -0.25) is 14.2 Å². The number of para-hydroxylation sites is 1. The number of amides is 1. The van der Waals surface area contributed by atoms with Crippen LogP contribution in [0.2, 0.25) is 0 Å². The summed E-state index contributed by atoms with van der Waals surface area (Å²) < 4.78 is 25.0. The molecule has 12 heteroatoms. The molecular weight excluding hydrogens is 562 g/mol. The number of carbonyl (C=O) groups is 2. The predicted molar refractivity (Wildman–Crippen MR) is 160 cm³/mol. The van der Waals surface area contributed by atoms with Crippen molar-refractivity contribution in [2.45, 2.75) is 65.8 Å². The van der Waals surface area contributed by atoms with Gasteiger partial charge in [0.2, 0.25) is 5.91 Å². The molecule has 11 nitrogen and oxygen atoms in total. The number of fused-ring (bicyclic) bond motifs is 1. The second-order valence-electron chi connectivity index (χ2n) is 10.9. The van der Waals surface area contributed by atoms with E-state index < -0.39 is 28.9 Å². The zero-order valence-electron chi connectivity index (χ0n) is 25.2. The summed E-state index contributed by atoms with van der Waals surface area (Å²) in [6.07, 6.45) is -0.865. The summed E-state index contributed by atoms with van der Waals surface area (Å²) in [5, 5.41) is 0.189. The molecule has 1 saturated heterocycles. The molecular formula is C30H39N3O8S. The zero-order chi connectivity index (χ0) is 30.8. The van der Waals surface area contributed by atoms with Gasteiger partial charge in [-0.05, 0) is 53.2 Å². The van der Waals surface area contributed by atoms with Crippen LogP contribution in [0.25, 0.3) is 10.2 Å². The van der Waals surface area contributed by atoms with E-state index in [1.54, 1.807) is 39.7 Å². The fraction of sp³-hybridized carbons (Fsp3) is 0.533. The van der Waals surface area contributed by atoms with Crippen molar-refractivity contribution in [2.24, 2.45) is 0 Å². The van der Waals surface area contributed by atoms with Gasteiger partial charge < -0.3 is 23.8 Å². The molecule has 3 heterocycles. The number of hydrogen-bond donors (Lipinski definition) is 0. The van der Waals surface area contributed by atoms with Gasteiger partial charge in [-0.25, -0.2) is 14.2 Å². The van der Waals surface area contributed by atoms with Crippen molar-refractivity contribution >= 4 is 33.4 Å². The third kappa shape index (κ3) is 5.88. The number of esters is 1. The molecule has 1 amide bonds. The Morgan fingerprint density at radius 3 is 2.40 bits per heavy atom. The normalized spacial score (nSPS) is 14.8. The monoisotopic (exact) mass is 601 g/mol. The maximum Gasteiger partial charge on any atom is 0.348 e. The van der Waals surface area contributed by atoms with Crippen LogP contribution < -0.4 is 16.0 Å². The molecule has 4 rings (SSSR count). The lowest BCUT2D eigenvalue weighted by Gasteiger charge is -2.35. The molecule has 228 valence electrons. The van der Waals surface area contributed by atoms with Crippen molar-refractivity contribution in [3.8, 4) is 5.75 Å². The molecule has 0 aliphatic carbocycles. The molecule has 0 radical (unpaired) electrons. The highest BCUT2D eigenvalue weighted by molar-refractivity contribution is 7.20. The van der Waals surface area contributed by atoms with Gasteiger partial charge >= 0.3 is 11.7 Å². The first kappa shape index (κ1) is 31.5. The van der Waals surface area contributed by atoms with Crippen LogP contribution in [0.3, 0.4) is 0 Å². The Kier molecular flexibility index (Phi) is 9.59. The summed E-state index contributed by atoms with van der Waals surface area (Å²) in [6.45, 7) is 11.9. The lowest BCUT2D eigenvalue weighted by molar-refractivity contribution is -0.143. The van der Waals surface area contributed by atoms with E-state index in [0.29, 0.717) is 48.0 Å². The summed E-state index contributed by atoms with van der Waals surface area (Å²) in [6, 6.07) is 7.36. The number of ether oxygens (including phenoxy) is 4. The molecule has 0 spiro atoms. The first-order chi connectivity index (χ1) is 19.9. The number of thiophene rings is 1. The number of aromatic nitrogens is 2. The zero-order valence-corrected chi connectivity index (χ0v) is 26.0. The van der Waals surface area contributed by atoms with Crippen LogP contribution in [0.4, 0.5) is 0 Å². The maximum absolute atomic E-state index is 14.4. The SMILES string of the molecule is CCOC(=O)c1sc2c(c1C)c(=O)n(C(C)(C)C(=O)N1CCOCC1)c(=O)n2C[C@H](OC(C)C)c1ccccc1OC. The van der Waals surface area contributed by atoms with Crippen molar-refractivity contribution in [3.63, 3.8) is 0 Å². The van der Waals surface area contributed by atoms with Crippen LogP contribution in [0, 0.1) is 6.92 Å². The summed E-state index contributed by atoms with van der Waals surface area (Å²) in [5.74, 6) is -0.364. The average Bonchev–Trinajstić information content (AvgIpc) is 3.31. The summed E-state index contributed by atoms with van der Waals surface area (Å²) in [7, 11) is 1.56. The van der Waals surface area contributed by atoms with Crippen molar-refractivity contribution in [3.05, 3.63) is 61.1 Å². The minimum atomic E-state index is -1.53. The van der Waals surface area contributed by atoms with Crippen molar-refractivity contribution < 1.29 is 28.5 Å². The fourth-order valence-corrected chi connectivity index (χ4v) is 6.48. The number of morpholine rings is 1. The molecule has 1 aliphatic heterocycles. The Balaban J connectivity index is 2.00. The first-order valence-electron chi connectivity index (χ1n) is 14.1. The van der Waals surface area contributed by atoms with Gasteiger partial charge in [0.15, 0.2) is 0 Å². The second-order valence-corrected chi connectivity index (χ2v) is 11.9. The summed E-state index contributed by atoms with van der Waals surface area (Å²) >= 11 is 1.03. The number of methoxy groups -OCH3 is 1. The molecule has 42 heavy (non-hydrogen) atoms. The largest absolute Gasteiger partial charge is 0.496 e.